The molecular formula is C15H22F2N4O3. The Morgan fingerprint density at radius 2 is 2.21 bits per heavy atom. The Balaban J connectivity index is 1.60. The number of aromatic nitrogens is 2. The number of hydrogen-bond acceptors (Lipinski definition) is 5. The molecule has 0 radical (unpaired) electrons. The first-order valence-electron chi connectivity index (χ1n) is 8.10. The second-order valence-corrected chi connectivity index (χ2v) is 6.38. The van der Waals surface area contributed by atoms with E-state index in [1.54, 1.807) is 4.90 Å². The first-order valence-corrected chi connectivity index (χ1v) is 8.10. The fourth-order valence-corrected chi connectivity index (χ4v) is 3.67. The van der Waals surface area contributed by atoms with Crippen molar-refractivity contribution in [2.45, 2.75) is 38.0 Å². The van der Waals surface area contributed by atoms with Crippen molar-refractivity contribution in [2.24, 2.45) is 11.1 Å². The SMILES string of the molecule is NCCO[C@@H]1C[C@H](O)C12CCN(C(=O)c1ccn(C(F)F)n1)CC2. The standard InChI is InChI=1S/C15H22F2N4O3/c16-14(17)21-5-1-10(19-21)13(23)20-6-2-15(3-7-20)11(22)9-12(15)24-8-4-18/h1,5,11-12,14,22H,2-4,6-9,18H2/t11-,12+/m0/s1. The molecule has 1 spiro atoms. The number of nitrogens with two attached hydrogens (primary N) is 1. The Morgan fingerprint density at radius 3 is 2.75 bits per heavy atom. The Hall–Kier alpha value is -1.58. The molecule has 1 saturated heterocycles. The summed E-state index contributed by atoms with van der Waals surface area (Å²) in [7, 11) is 0. The van der Waals surface area contributed by atoms with E-state index in [0.29, 0.717) is 50.2 Å². The fraction of sp³-hybridized carbons (Fsp3) is 0.733. The maximum Gasteiger partial charge on any atom is 0.333 e. The van der Waals surface area contributed by atoms with Crippen LogP contribution in [0.3, 0.4) is 0 Å². The summed E-state index contributed by atoms with van der Waals surface area (Å²) < 4.78 is 31.3. The molecule has 1 aliphatic heterocycles. The van der Waals surface area contributed by atoms with Gasteiger partial charge in [0.05, 0.1) is 18.8 Å². The van der Waals surface area contributed by atoms with Gasteiger partial charge >= 0.3 is 6.55 Å². The number of carbonyl (C=O) groups is 1. The number of carbonyl (C=O) groups excluding carboxylic acids is 1. The van der Waals surface area contributed by atoms with E-state index >= 15 is 0 Å². The highest BCUT2D eigenvalue weighted by Gasteiger charge is 2.56. The predicted molar refractivity (Wildman–Crippen MR) is 80.5 cm³/mol. The normalized spacial score (nSPS) is 26.0. The molecule has 1 amide bonds. The maximum atomic E-state index is 12.6. The summed E-state index contributed by atoms with van der Waals surface area (Å²) in [6.45, 7) is -0.992. The van der Waals surface area contributed by atoms with E-state index in [0.717, 1.165) is 6.20 Å². The van der Waals surface area contributed by atoms with E-state index in [1.165, 1.54) is 6.07 Å². The zero-order valence-corrected chi connectivity index (χ0v) is 13.3. The topological polar surface area (TPSA) is 93.6 Å². The summed E-state index contributed by atoms with van der Waals surface area (Å²) in [6, 6.07) is 1.30. The van der Waals surface area contributed by atoms with Crippen molar-refractivity contribution < 1.29 is 23.4 Å². The van der Waals surface area contributed by atoms with Crippen LogP contribution in [0, 0.1) is 5.41 Å². The van der Waals surface area contributed by atoms with Gasteiger partial charge < -0.3 is 20.5 Å². The van der Waals surface area contributed by atoms with Crippen molar-refractivity contribution in [1.82, 2.24) is 14.7 Å². The number of alkyl halides is 2. The van der Waals surface area contributed by atoms with Gasteiger partial charge in [0.25, 0.3) is 5.91 Å². The van der Waals surface area contributed by atoms with E-state index in [9.17, 15) is 18.7 Å². The summed E-state index contributed by atoms with van der Waals surface area (Å²) in [4.78, 5) is 14.0. The van der Waals surface area contributed by atoms with Crippen LogP contribution < -0.4 is 5.73 Å². The number of halogens is 2. The largest absolute Gasteiger partial charge is 0.392 e. The average molecular weight is 344 g/mol. The molecular weight excluding hydrogens is 322 g/mol. The molecule has 2 aliphatic rings. The van der Waals surface area contributed by atoms with Crippen LogP contribution in [0.25, 0.3) is 0 Å². The molecule has 1 saturated carbocycles. The number of ether oxygens (including phenoxy) is 1. The summed E-state index contributed by atoms with van der Waals surface area (Å²) in [5, 5.41) is 13.8. The molecule has 9 heteroatoms. The maximum absolute atomic E-state index is 12.6. The third-order valence-electron chi connectivity index (χ3n) is 5.19. The van der Waals surface area contributed by atoms with Crippen molar-refractivity contribution in [2.75, 3.05) is 26.2 Å². The number of piperidine rings is 1. The van der Waals surface area contributed by atoms with E-state index in [4.69, 9.17) is 10.5 Å². The first-order chi connectivity index (χ1) is 11.5. The third kappa shape index (κ3) is 2.91. The summed E-state index contributed by atoms with van der Waals surface area (Å²) in [6.07, 6.45) is 2.44. The van der Waals surface area contributed by atoms with E-state index in [1.807, 2.05) is 0 Å². The number of aliphatic hydroxyl groups excluding tert-OH is 1. The molecule has 0 unspecified atom stereocenters. The highest BCUT2D eigenvalue weighted by molar-refractivity contribution is 5.92. The highest BCUT2D eigenvalue weighted by atomic mass is 19.3. The van der Waals surface area contributed by atoms with Crippen molar-refractivity contribution >= 4 is 5.91 Å². The molecule has 2 fully saturated rings. The number of rotatable bonds is 5. The van der Waals surface area contributed by atoms with Gasteiger partial charge in [-0.25, -0.2) is 4.68 Å². The molecule has 7 nitrogen and oxygen atoms in total. The lowest BCUT2D eigenvalue weighted by atomic mass is 9.58. The lowest BCUT2D eigenvalue weighted by Gasteiger charge is -2.56. The van der Waals surface area contributed by atoms with Crippen molar-refractivity contribution in [3.8, 4) is 0 Å². The summed E-state index contributed by atoms with van der Waals surface area (Å²) in [5.41, 5.74) is 5.14. The van der Waals surface area contributed by atoms with Gasteiger partial charge in [0.2, 0.25) is 0 Å². The lowest BCUT2D eigenvalue weighted by Crippen LogP contribution is -2.63. The van der Waals surface area contributed by atoms with E-state index < -0.39 is 12.7 Å². The minimum absolute atomic E-state index is 0.0105. The van der Waals surface area contributed by atoms with Crippen LogP contribution in [0.5, 0.6) is 0 Å². The van der Waals surface area contributed by atoms with Crippen LogP contribution in [0.4, 0.5) is 8.78 Å². The van der Waals surface area contributed by atoms with E-state index in [-0.39, 0.29) is 23.1 Å². The van der Waals surface area contributed by atoms with Gasteiger partial charge in [0.15, 0.2) is 5.69 Å². The summed E-state index contributed by atoms with van der Waals surface area (Å²) >= 11 is 0. The Bertz CT molecular complexity index is 587. The Morgan fingerprint density at radius 1 is 1.50 bits per heavy atom. The predicted octanol–water partition coefficient (Wildman–Crippen LogP) is 0.609. The zero-order chi connectivity index (χ0) is 17.3. The van der Waals surface area contributed by atoms with Crippen LogP contribution in [0.15, 0.2) is 12.3 Å². The number of aliphatic hydroxyl groups is 1. The molecule has 2 atom stereocenters. The highest BCUT2D eigenvalue weighted by Crippen LogP contribution is 2.51. The van der Waals surface area contributed by atoms with Crippen LogP contribution in [0.2, 0.25) is 0 Å². The van der Waals surface area contributed by atoms with Crippen LogP contribution in [0.1, 0.15) is 36.3 Å². The zero-order valence-electron chi connectivity index (χ0n) is 13.3. The lowest BCUT2D eigenvalue weighted by molar-refractivity contribution is -0.208. The van der Waals surface area contributed by atoms with Gasteiger partial charge in [-0.3, -0.25) is 4.79 Å². The molecule has 24 heavy (non-hydrogen) atoms. The smallest absolute Gasteiger partial charge is 0.333 e. The number of amides is 1. The average Bonchev–Trinajstić information content (AvgIpc) is 3.08. The molecule has 0 bridgehead atoms. The van der Waals surface area contributed by atoms with Gasteiger partial charge in [-0.05, 0) is 18.9 Å². The minimum Gasteiger partial charge on any atom is -0.392 e. The first kappa shape index (κ1) is 17.2. The van der Waals surface area contributed by atoms with Gasteiger partial charge in [0.1, 0.15) is 0 Å². The molecule has 1 aromatic rings. The Labute approximate surface area is 138 Å². The Kier molecular flexibility index (Phi) is 4.84. The van der Waals surface area contributed by atoms with Crippen LogP contribution >= 0.6 is 0 Å². The second-order valence-electron chi connectivity index (χ2n) is 6.38. The molecule has 1 aromatic heterocycles. The molecule has 3 rings (SSSR count). The van der Waals surface area contributed by atoms with Gasteiger partial charge in [-0.1, -0.05) is 0 Å². The van der Waals surface area contributed by atoms with Gasteiger partial charge in [-0.15, -0.1) is 0 Å². The number of hydrogen-bond donors (Lipinski definition) is 2. The molecule has 1 aliphatic carbocycles. The van der Waals surface area contributed by atoms with Crippen LogP contribution in [-0.2, 0) is 4.74 Å². The fourth-order valence-electron chi connectivity index (χ4n) is 3.67. The molecule has 2 heterocycles. The second kappa shape index (κ2) is 6.73. The van der Waals surface area contributed by atoms with Crippen LogP contribution in [-0.4, -0.2) is 64.1 Å². The third-order valence-corrected chi connectivity index (χ3v) is 5.19. The quantitative estimate of drug-likeness (QED) is 0.816. The van der Waals surface area contributed by atoms with E-state index in [2.05, 4.69) is 5.10 Å². The molecule has 134 valence electrons. The number of likely N-dealkylation sites (tertiary alicyclic amines) is 1. The minimum atomic E-state index is -2.76. The van der Waals surface area contributed by atoms with Crippen molar-refractivity contribution in [3.05, 3.63) is 18.0 Å². The van der Waals surface area contributed by atoms with Gasteiger partial charge in [-0.2, -0.15) is 13.9 Å². The number of nitrogens with zero attached hydrogens (tertiary/aromatic N) is 3. The molecule has 0 aromatic carbocycles. The monoisotopic (exact) mass is 344 g/mol. The van der Waals surface area contributed by atoms with Crippen molar-refractivity contribution in [1.29, 1.82) is 0 Å². The van der Waals surface area contributed by atoms with Crippen molar-refractivity contribution in [3.63, 3.8) is 0 Å². The molecule has 3 N–H and O–H groups in total. The van der Waals surface area contributed by atoms with Gasteiger partial charge in [0, 0.05) is 37.7 Å². The summed E-state index contributed by atoms with van der Waals surface area (Å²) in [5.74, 6) is -0.363.